The normalized spacial score (nSPS) is 10.8. The quantitative estimate of drug-likeness (QED) is 0.266. The minimum atomic E-state index is -0.686. The molecule has 0 saturated heterocycles. The van der Waals surface area contributed by atoms with Crippen molar-refractivity contribution in [3.63, 3.8) is 0 Å². The number of hydroxylamine groups is 1. The molecule has 0 aliphatic heterocycles. The summed E-state index contributed by atoms with van der Waals surface area (Å²) in [5, 5.41) is 2.24. The van der Waals surface area contributed by atoms with Gasteiger partial charge in [0.2, 0.25) is 0 Å². The van der Waals surface area contributed by atoms with Crippen LogP contribution in [0.4, 0.5) is 16.2 Å². The molecule has 0 saturated carbocycles. The molecule has 0 radical (unpaired) electrons. The fraction of sp³-hybridized carbons (Fsp3) is 0. The highest BCUT2D eigenvalue weighted by Gasteiger charge is 2.04. The second-order valence-corrected chi connectivity index (χ2v) is 4.22. The topological polar surface area (TPSA) is 72.0 Å². The third kappa shape index (κ3) is 5.55. The Bertz CT molecular complexity index is 605. The van der Waals surface area contributed by atoms with Gasteiger partial charge in [-0.25, -0.2) is 0 Å². The van der Waals surface area contributed by atoms with Crippen LogP contribution in [-0.4, -0.2) is 11.3 Å². The van der Waals surface area contributed by atoms with Gasteiger partial charge < -0.3 is 5.32 Å². The van der Waals surface area contributed by atoms with E-state index in [4.69, 9.17) is 4.89 Å². The number of hydrogen-bond acceptors (Lipinski definition) is 4. The van der Waals surface area contributed by atoms with Crippen molar-refractivity contribution in [3.05, 3.63) is 60.7 Å². The molecule has 0 aromatic heterocycles. The van der Waals surface area contributed by atoms with Gasteiger partial charge in [-0.15, -0.1) is 0 Å². The van der Waals surface area contributed by atoms with E-state index in [1.165, 1.54) is 0 Å². The largest absolute Gasteiger partial charge is 0.334 e. The average Bonchev–Trinajstić information content (AvgIpc) is 2.49. The number of nitrogens with zero attached hydrogens (tertiary/aromatic N) is 1. The van der Waals surface area contributed by atoms with E-state index in [0.29, 0.717) is 5.69 Å². The molecule has 2 N–H and O–H groups in total. The smallest absolute Gasteiger partial charge is 0.307 e. The van der Waals surface area contributed by atoms with Crippen LogP contribution in [0.25, 0.3) is 0 Å². The van der Waals surface area contributed by atoms with E-state index in [9.17, 15) is 4.79 Å². The van der Waals surface area contributed by atoms with Crippen LogP contribution >= 0.6 is 12.6 Å². The number of rotatable bonds is 4. The SMILES string of the molecule is O=C(S)NOOC(=Nc1ccccc1)Nc1ccccc1. The number of amidine groups is 1. The first-order chi connectivity index (χ1) is 10.2. The Balaban J connectivity index is 2.10. The number of aliphatic imine (C=N–C) groups is 1. The van der Waals surface area contributed by atoms with Crippen molar-refractivity contribution in [2.45, 2.75) is 0 Å². The summed E-state index contributed by atoms with van der Waals surface area (Å²) in [6, 6.07) is 18.5. The lowest BCUT2D eigenvalue weighted by molar-refractivity contribution is -0.255. The van der Waals surface area contributed by atoms with E-state index in [-0.39, 0.29) is 6.02 Å². The third-order valence-corrected chi connectivity index (χ3v) is 2.35. The number of carbonyl (C=O) groups excluding carboxylic acids is 1. The van der Waals surface area contributed by atoms with Crippen LogP contribution in [-0.2, 0) is 9.88 Å². The van der Waals surface area contributed by atoms with Crippen molar-refractivity contribution in [1.29, 1.82) is 0 Å². The van der Waals surface area contributed by atoms with Crippen molar-refractivity contribution in [3.8, 4) is 0 Å². The van der Waals surface area contributed by atoms with Crippen molar-refractivity contribution in [2.24, 2.45) is 4.99 Å². The van der Waals surface area contributed by atoms with Crippen LogP contribution in [0.5, 0.6) is 0 Å². The van der Waals surface area contributed by atoms with E-state index in [1.54, 1.807) is 12.1 Å². The van der Waals surface area contributed by atoms with E-state index in [1.807, 2.05) is 54.0 Å². The van der Waals surface area contributed by atoms with Crippen LogP contribution < -0.4 is 10.8 Å². The molecular weight excluding hydrogens is 290 g/mol. The lowest BCUT2D eigenvalue weighted by Gasteiger charge is -2.09. The number of carbonyl (C=O) groups is 1. The summed E-state index contributed by atoms with van der Waals surface area (Å²) in [5.41, 5.74) is 3.35. The highest BCUT2D eigenvalue weighted by molar-refractivity contribution is 7.96. The van der Waals surface area contributed by atoms with Crippen molar-refractivity contribution in [2.75, 3.05) is 5.32 Å². The zero-order chi connectivity index (χ0) is 14.9. The number of hydrogen-bond donors (Lipinski definition) is 3. The van der Waals surface area contributed by atoms with Crippen LogP contribution in [0.1, 0.15) is 0 Å². The van der Waals surface area contributed by atoms with Gasteiger partial charge in [-0.3, -0.25) is 9.68 Å². The third-order valence-electron chi connectivity index (χ3n) is 2.26. The second-order valence-electron chi connectivity index (χ2n) is 3.82. The molecule has 0 aliphatic carbocycles. The molecule has 0 fully saturated rings. The first-order valence-electron chi connectivity index (χ1n) is 6.02. The maximum Gasteiger partial charge on any atom is 0.334 e. The fourth-order valence-electron chi connectivity index (χ4n) is 1.43. The monoisotopic (exact) mass is 303 g/mol. The van der Waals surface area contributed by atoms with Crippen LogP contribution in [0.3, 0.4) is 0 Å². The maximum atomic E-state index is 10.6. The van der Waals surface area contributed by atoms with Gasteiger partial charge in [-0.2, -0.15) is 10.5 Å². The summed E-state index contributed by atoms with van der Waals surface area (Å²) in [6.45, 7) is 0. The van der Waals surface area contributed by atoms with Gasteiger partial charge in [0, 0.05) is 5.69 Å². The number of nitrogens with one attached hydrogen (secondary N) is 2. The van der Waals surface area contributed by atoms with Gasteiger partial charge >= 0.3 is 11.3 Å². The Kier molecular flexibility index (Phi) is 5.62. The summed E-state index contributed by atoms with van der Waals surface area (Å²) >= 11 is 3.48. The Hall–Kier alpha value is -2.51. The molecule has 0 unspecified atom stereocenters. The standard InChI is InChI=1S/C14H13N3O3S/c18-14(21)17-20-19-13(15-11-7-3-1-4-8-11)16-12-9-5-2-6-10-12/h1-10H,(H,15,16)(H2,17,18,21). The molecule has 7 heteroatoms. The van der Waals surface area contributed by atoms with Gasteiger partial charge in [0.15, 0.2) is 0 Å². The molecule has 0 bridgehead atoms. The Labute approximate surface area is 127 Å². The number of amides is 1. The van der Waals surface area contributed by atoms with Crippen molar-refractivity contribution in [1.82, 2.24) is 5.48 Å². The molecule has 1 amide bonds. The number of thiol groups is 1. The lowest BCUT2D eigenvalue weighted by Crippen LogP contribution is -2.24. The zero-order valence-corrected chi connectivity index (χ0v) is 11.8. The Morgan fingerprint density at radius 3 is 2.24 bits per heavy atom. The molecule has 0 atom stereocenters. The van der Waals surface area contributed by atoms with E-state index in [0.717, 1.165) is 5.69 Å². The first-order valence-corrected chi connectivity index (χ1v) is 6.47. The summed E-state index contributed by atoms with van der Waals surface area (Å²) < 4.78 is 0. The van der Waals surface area contributed by atoms with Gasteiger partial charge in [0.05, 0.1) is 5.69 Å². The van der Waals surface area contributed by atoms with E-state index in [2.05, 4.69) is 27.9 Å². The average molecular weight is 303 g/mol. The summed E-state index contributed by atoms with van der Waals surface area (Å²) in [4.78, 5) is 24.3. The minimum absolute atomic E-state index is 0.0643. The van der Waals surface area contributed by atoms with E-state index < -0.39 is 5.24 Å². The minimum Gasteiger partial charge on any atom is -0.307 e. The van der Waals surface area contributed by atoms with Gasteiger partial charge in [-0.1, -0.05) is 54.0 Å². The van der Waals surface area contributed by atoms with Crippen LogP contribution in [0.2, 0.25) is 0 Å². The van der Waals surface area contributed by atoms with Crippen LogP contribution in [0, 0.1) is 0 Å². The predicted molar refractivity (Wildman–Crippen MR) is 83.3 cm³/mol. The van der Waals surface area contributed by atoms with Gasteiger partial charge in [0.25, 0.3) is 0 Å². The van der Waals surface area contributed by atoms with Gasteiger partial charge in [0.1, 0.15) is 0 Å². The molecule has 6 nitrogen and oxygen atoms in total. The molecule has 0 heterocycles. The molecule has 2 aromatic rings. The summed E-state index contributed by atoms with van der Waals surface area (Å²) in [7, 11) is 0. The number of para-hydroxylation sites is 2. The Morgan fingerprint density at radius 2 is 1.62 bits per heavy atom. The first kappa shape index (κ1) is 14.9. The van der Waals surface area contributed by atoms with E-state index >= 15 is 0 Å². The fourth-order valence-corrected chi connectivity index (χ4v) is 1.47. The van der Waals surface area contributed by atoms with Crippen LogP contribution in [0.15, 0.2) is 65.7 Å². The highest BCUT2D eigenvalue weighted by atomic mass is 32.1. The second kappa shape index (κ2) is 7.93. The van der Waals surface area contributed by atoms with Crippen molar-refractivity contribution >= 4 is 35.3 Å². The van der Waals surface area contributed by atoms with Crippen molar-refractivity contribution < 1.29 is 14.7 Å². The number of anilines is 1. The predicted octanol–water partition coefficient (Wildman–Crippen LogP) is 3.29. The molecule has 2 rings (SSSR count). The summed E-state index contributed by atoms with van der Waals surface area (Å²) in [5.74, 6) is 0. The lowest BCUT2D eigenvalue weighted by atomic mass is 10.3. The number of benzene rings is 2. The highest BCUT2D eigenvalue weighted by Crippen LogP contribution is 2.12. The molecule has 21 heavy (non-hydrogen) atoms. The Morgan fingerprint density at radius 1 is 1.00 bits per heavy atom. The molecule has 108 valence electrons. The molecule has 0 aliphatic rings. The maximum absolute atomic E-state index is 10.6. The zero-order valence-electron chi connectivity index (χ0n) is 10.9. The molecular formula is C14H13N3O3S. The van der Waals surface area contributed by atoms with Gasteiger partial charge in [-0.05, 0) is 24.3 Å². The summed E-state index contributed by atoms with van der Waals surface area (Å²) in [6.07, 6.45) is 0. The molecule has 2 aromatic carbocycles. The molecule has 0 spiro atoms.